The van der Waals surface area contributed by atoms with Crippen LogP contribution in [-0.2, 0) is 11.2 Å². The molecule has 2 N–H and O–H groups in total. The number of rotatable bonds is 5. The van der Waals surface area contributed by atoms with Gasteiger partial charge in [-0.25, -0.2) is 4.98 Å². The highest BCUT2D eigenvalue weighted by molar-refractivity contribution is 7.13. The first-order valence-corrected chi connectivity index (χ1v) is 8.95. The van der Waals surface area contributed by atoms with Crippen LogP contribution in [0.1, 0.15) is 37.1 Å². The van der Waals surface area contributed by atoms with E-state index in [9.17, 15) is 9.90 Å². The molecule has 0 radical (unpaired) electrons. The summed E-state index contributed by atoms with van der Waals surface area (Å²) >= 11 is 1.56. The molecule has 5 nitrogen and oxygen atoms in total. The molecule has 0 spiro atoms. The van der Waals surface area contributed by atoms with E-state index in [1.165, 1.54) is 0 Å². The molecule has 2 atom stereocenters. The molecule has 1 saturated carbocycles. The molecule has 6 heteroatoms. The first kappa shape index (κ1) is 16.2. The number of aliphatic hydroxyl groups is 1. The molecule has 124 valence electrons. The number of aryl methyl sites for hydroxylation is 1. The number of nitrogens with zero attached hydrogens (tertiary/aromatic N) is 1. The number of thiophene rings is 1. The highest BCUT2D eigenvalue weighted by atomic mass is 32.1. The molecule has 2 unspecified atom stereocenters. The minimum Gasteiger partial charge on any atom is -0.440 e. The van der Waals surface area contributed by atoms with Gasteiger partial charge in [0.1, 0.15) is 5.76 Å². The molecule has 0 saturated heterocycles. The van der Waals surface area contributed by atoms with E-state index in [-0.39, 0.29) is 30.9 Å². The fourth-order valence-electron chi connectivity index (χ4n) is 3.12. The Bertz CT molecular complexity index is 651. The first-order chi connectivity index (χ1) is 11.2. The Kier molecular flexibility index (Phi) is 5.13. The van der Waals surface area contributed by atoms with Gasteiger partial charge in [-0.1, -0.05) is 18.9 Å². The van der Waals surface area contributed by atoms with Crippen molar-refractivity contribution in [1.82, 2.24) is 10.3 Å². The molecule has 0 aliphatic heterocycles. The van der Waals surface area contributed by atoms with Gasteiger partial charge in [0, 0.05) is 18.6 Å². The summed E-state index contributed by atoms with van der Waals surface area (Å²) in [5.74, 6) is 1.38. The highest BCUT2D eigenvalue weighted by Gasteiger charge is 2.26. The third kappa shape index (κ3) is 3.82. The van der Waals surface area contributed by atoms with Crippen molar-refractivity contribution >= 4 is 17.2 Å². The fourth-order valence-corrected chi connectivity index (χ4v) is 3.77. The molecule has 0 bridgehead atoms. The average molecular weight is 334 g/mol. The second-order valence-corrected chi connectivity index (χ2v) is 7.02. The zero-order valence-electron chi connectivity index (χ0n) is 13.2. The van der Waals surface area contributed by atoms with Crippen molar-refractivity contribution in [2.24, 2.45) is 5.92 Å². The lowest BCUT2D eigenvalue weighted by molar-refractivity contribution is -0.121. The number of hydrogen-bond acceptors (Lipinski definition) is 5. The van der Waals surface area contributed by atoms with Crippen molar-refractivity contribution in [2.75, 3.05) is 6.61 Å². The Morgan fingerprint density at radius 3 is 3.04 bits per heavy atom. The third-order valence-electron chi connectivity index (χ3n) is 4.44. The van der Waals surface area contributed by atoms with E-state index in [1.54, 1.807) is 11.3 Å². The normalized spacial score (nSPS) is 21.3. The first-order valence-electron chi connectivity index (χ1n) is 8.07. The largest absolute Gasteiger partial charge is 0.440 e. The van der Waals surface area contributed by atoms with Crippen molar-refractivity contribution in [3.8, 4) is 10.8 Å². The summed E-state index contributed by atoms with van der Waals surface area (Å²) in [7, 11) is 0. The molecule has 3 rings (SSSR count). The highest BCUT2D eigenvalue weighted by Crippen LogP contribution is 2.27. The Morgan fingerprint density at radius 1 is 1.48 bits per heavy atom. The van der Waals surface area contributed by atoms with Gasteiger partial charge in [0.05, 0.1) is 17.0 Å². The Hall–Kier alpha value is -1.66. The van der Waals surface area contributed by atoms with Crippen molar-refractivity contribution in [3.05, 3.63) is 29.0 Å². The smallest absolute Gasteiger partial charge is 0.236 e. The SMILES string of the molecule is Cc1oc(-c2cccs2)nc1CC(=O)NC1CCCCC1CO. The van der Waals surface area contributed by atoms with Crippen molar-refractivity contribution in [2.45, 2.75) is 45.1 Å². The van der Waals surface area contributed by atoms with Crippen LogP contribution in [0.3, 0.4) is 0 Å². The van der Waals surface area contributed by atoms with E-state index in [0.29, 0.717) is 17.3 Å². The van der Waals surface area contributed by atoms with Crippen molar-refractivity contribution in [1.29, 1.82) is 0 Å². The predicted octanol–water partition coefficient (Wildman–Crippen LogP) is 2.92. The topological polar surface area (TPSA) is 75.4 Å². The van der Waals surface area contributed by atoms with Crippen molar-refractivity contribution < 1.29 is 14.3 Å². The molecule has 2 aromatic rings. The Morgan fingerprint density at radius 2 is 2.30 bits per heavy atom. The summed E-state index contributed by atoms with van der Waals surface area (Å²) in [4.78, 5) is 17.7. The molecule has 1 amide bonds. The predicted molar refractivity (Wildman–Crippen MR) is 89.2 cm³/mol. The van der Waals surface area contributed by atoms with Crippen LogP contribution in [0.15, 0.2) is 21.9 Å². The van der Waals surface area contributed by atoms with Crippen LogP contribution >= 0.6 is 11.3 Å². The van der Waals surface area contributed by atoms with E-state index < -0.39 is 0 Å². The van der Waals surface area contributed by atoms with Crippen LogP contribution < -0.4 is 5.32 Å². The van der Waals surface area contributed by atoms with E-state index in [0.717, 1.165) is 30.6 Å². The van der Waals surface area contributed by atoms with Crippen molar-refractivity contribution in [3.63, 3.8) is 0 Å². The Balaban J connectivity index is 1.63. The molecule has 1 fully saturated rings. The van der Waals surface area contributed by atoms with Gasteiger partial charge in [0.2, 0.25) is 11.8 Å². The number of hydrogen-bond donors (Lipinski definition) is 2. The Labute approximate surface area is 139 Å². The minimum atomic E-state index is -0.0514. The average Bonchev–Trinajstić information content (AvgIpc) is 3.18. The van der Waals surface area contributed by atoms with Crippen LogP contribution in [0.5, 0.6) is 0 Å². The van der Waals surface area contributed by atoms with E-state index >= 15 is 0 Å². The lowest BCUT2D eigenvalue weighted by Gasteiger charge is -2.30. The fraction of sp³-hybridized carbons (Fsp3) is 0.529. The molecule has 2 aromatic heterocycles. The summed E-state index contributed by atoms with van der Waals surface area (Å²) in [5.41, 5.74) is 0.683. The van der Waals surface area contributed by atoms with Gasteiger partial charge >= 0.3 is 0 Å². The lowest BCUT2D eigenvalue weighted by Crippen LogP contribution is -2.44. The number of carbonyl (C=O) groups is 1. The minimum absolute atomic E-state index is 0.0514. The van der Waals surface area contributed by atoms with Gasteiger partial charge in [-0.15, -0.1) is 11.3 Å². The third-order valence-corrected chi connectivity index (χ3v) is 5.30. The summed E-state index contributed by atoms with van der Waals surface area (Å²) in [6.07, 6.45) is 4.37. The molecule has 1 aliphatic carbocycles. The second-order valence-electron chi connectivity index (χ2n) is 6.08. The standard InChI is InChI=1S/C17H22N2O3S/c1-11-14(19-17(22-11)15-7-4-8-23-15)9-16(21)18-13-6-3-2-5-12(13)10-20/h4,7-8,12-13,20H,2-3,5-6,9-10H2,1H3,(H,18,21). The summed E-state index contributed by atoms with van der Waals surface area (Å²) in [5, 5.41) is 14.5. The van der Waals surface area contributed by atoms with Gasteiger partial charge in [-0.3, -0.25) is 4.79 Å². The number of carbonyl (C=O) groups excluding carboxylic acids is 1. The van der Waals surface area contributed by atoms with Gasteiger partial charge in [-0.05, 0) is 31.2 Å². The molecule has 0 aromatic carbocycles. The van der Waals surface area contributed by atoms with Gasteiger partial charge < -0.3 is 14.8 Å². The van der Waals surface area contributed by atoms with Crippen LogP contribution in [0.4, 0.5) is 0 Å². The molecular weight excluding hydrogens is 312 g/mol. The number of aromatic nitrogens is 1. The van der Waals surface area contributed by atoms with Crippen LogP contribution in [0.25, 0.3) is 10.8 Å². The molecule has 1 aliphatic rings. The number of aliphatic hydroxyl groups excluding tert-OH is 1. The van der Waals surface area contributed by atoms with Gasteiger partial charge in [0.25, 0.3) is 0 Å². The quantitative estimate of drug-likeness (QED) is 0.881. The van der Waals surface area contributed by atoms with E-state index in [2.05, 4.69) is 10.3 Å². The van der Waals surface area contributed by atoms with Gasteiger partial charge in [-0.2, -0.15) is 0 Å². The lowest BCUT2D eigenvalue weighted by atomic mass is 9.85. The zero-order chi connectivity index (χ0) is 16.2. The van der Waals surface area contributed by atoms with Crippen LogP contribution in [0, 0.1) is 12.8 Å². The van der Waals surface area contributed by atoms with Crippen LogP contribution in [0.2, 0.25) is 0 Å². The molecule has 23 heavy (non-hydrogen) atoms. The monoisotopic (exact) mass is 334 g/mol. The second kappa shape index (κ2) is 7.27. The number of nitrogens with one attached hydrogen (secondary N) is 1. The maximum atomic E-state index is 12.3. The number of amides is 1. The summed E-state index contributed by atoms with van der Waals surface area (Å²) < 4.78 is 5.67. The maximum absolute atomic E-state index is 12.3. The summed E-state index contributed by atoms with van der Waals surface area (Å²) in [6, 6.07) is 3.97. The number of oxazole rings is 1. The molecular formula is C17H22N2O3S. The summed E-state index contributed by atoms with van der Waals surface area (Å²) in [6.45, 7) is 1.97. The maximum Gasteiger partial charge on any atom is 0.236 e. The van der Waals surface area contributed by atoms with E-state index in [1.807, 2.05) is 24.4 Å². The zero-order valence-corrected chi connectivity index (χ0v) is 14.1. The van der Waals surface area contributed by atoms with Gasteiger partial charge in [0.15, 0.2) is 0 Å². The molecule has 2 heterocycles. The van der Waals surface area contributed by atoms with Crippen LogP contribution in [-0.4, -0.2) is 28.6 Å². The van der Waals surface area contributed by atoms with E-state index in [4.69, 9.17) is 4.42 Å².